The summed E-state index contributed by atoms with van der Waals surface area (Å²) in [4.78, 5) is 6.75. The van der Waals surface area contributed by atoms with Gasteiger partial charge in [0.25, 0.3) is 0 Å². The maximum atomic E-state index is 4.34. The fraction of sp³-hybridized carbons (Fsp3) is 0.688. The van der Waals surface area contributed by atoms with E-state index in [2.05, 4.69) is 49.1 Å². The predicted molar refractivity (Wildman–Crippen MR) is 82.8 cm³/mol. The van der Waals surface area contributed by atoms with Crippen LogP contribution < -0.4 is 10.2 Å². The Morgan fingerprint density at radius 3 is 2.63 bits per heavy atom. The summed E-state index contributed by atoms with van der Waals surface area (Å²) >= 11 is 0. The van der Waals surface area contributed by atoms with Crippen molar-refractivity contribution in [1.82, 2.24) is 4.98 Å². The molecule has 106 valence electrons. The molecular weight excluding hydrogens is 234 g/mol. The van der Waals surface area contributed by atoms with E-state index in [0.29, 0.717) is 11.5 Å². The number of hydrogen-bond donors (Lipinski definition) is 1. The Hall–Kier alpha value is -1.25. The van der Waals surface area contributed by atoms with Crippen LogP contribution >= 0.6 is 0 Å². The summed E-state index contributed by atoms with van der Waals surface area (Å²) in [6.45, 7) is 7.82. The molecule has 1 aromatic heterocycles. The van der Waals surface area contributed by atoms with Crippen LogP contribution in [0.5, 0.6) is 0 Å². The fourth-order valence-corrected chi connectivity index (χ4v) is 2.90. The van der Waals surface area contributed by atoms with E-state index >= 15 is 0 Å². The Bertz CT molecular complexity index is 404. The topological polar surface area (TPSA) is 28.2 Å². The second kappa shape index (κ2) is 5.81. The zero-order valence-electron chi connectivity index (χ0n) is 12.7. The van der Waals surface area contributed by atoms with E-state index in [1.807, 2.05) is 12.4 Å². The van der Waals surface area contributed by atoms with Gasteiger partial charge in [0.1, 0.15) is 0 Å². The minimum Gasteiger partial charge on any atom is -0.384 e. The molecule has 0 radical (unpaired) electrons. The molecule has 1 fully saturated rings. The minimum absolute atomic E-state index is 0.529. The van der Waals surface area contributed by atoms with E-state index in [1.54, 1.807) is 0 Å². The SMILES string of the molecule is CCNc1cncc(N(C)C2CCC(C)(C)CC2)c1. The minimum atomic E-state index is 0.529. The Balaban J connectivity index is 2.03. The van der Waals surface area contributed by atoms with Crippen molar-refractivity contribution in [2.45, 2.75) is 52.5 Å². The van der Waals surface area contributed by atoms with Gasteiger partial charge < -0.3 is 10.2 Å². The Morgan fingerprint density at radius 2 is 2.00 bits per heavy atom. The average Bonchev–Trinajstić information content (AvgIpc) is 2.39. The predicted octanol–water partition coefficient (Wildman–Crippen LogP) is 3.92. The van der Waals surface area contributed by atoms with Crippen LogP contribution in [0.25, 0.3) is 0 Å². The summed E-state index contributed by atoms with van der Waals surface area (Å²) in [6.07, 6.45) is 9.08. The monoisotopic (exact) mass is 261 g/mol. The van der Waals surface area contributed by atoms with Crippen LogP contribution in [-0.2, 0) is 0 Å². The third-order valence-corrected chi connectivity index (χ3v) is 4.37. The zero-order valence-corrected chi connectivity index (χ0v) is 12.7. The quantitative estimate of drug-likeness (QED) is 0.890. The van der Waals surface area contributed by atoms with Crippen LogP contribution in [0, 0.1) is 5.41 Å². The standard InChI is InChI=1S/C16H27N3/c1-5-18-13-10-15(12-17-11-13)19(4)14-6-8-16(2,3)9-7-14/h10-12,14,18H,5-9H2,1-4H3. The molecule has 3 heteroatoms. The van der Waals surface area contributed by atoms with Gasteiger partial charge in [-0.05, 0) is 44.1 Å². The van der Waals surface area contributed by atoms with E-state index < -0.39 is 0 Å². The first-order chi connectivity index (χ1) is 9.02. The molecule has 19 heavy (non-hydrogen) atoms. The molecule has 0 aromatic carbocycles. The molecule has 0 amide bonds. The summed E-state index contributed by atoms with van der Waals surface area (Å²) in [5.41, 5.74) is 2.87. The molecule has 1 aliphatic carbocycles. The molecule has 1 saturated carbocycles. The Kier molecular flexibility index (Phi) is 4.33. The van der Waals surface area contributed by atoms with E-state index in [9.17, 15) is 0 Å². The van der Waals surface area contributed by atoms with Crippen LogP contribution in [0.3, 0.4) is 0 Å². The largest absolute Gasteiger partial charge is 0.384 e. The molecule has 0 unspecified atom stereocenters. The summed E-state index contributed by atoms with van der Waals surface area (Å²) < 4.78 is 0. The fourth-order valence-electron chi connectivity index (χ4n) is 2.90. The number of hydrogen-bond acceptors (Lipinski definition) is 3. The molecule has 0 spiro atoms. The summed E-state index contributed by atoms with van der Waals surface area (Å²) in [7, 11) is 2.20. The highest BCUT2D eigenvalue weighted by molar-refractivity contribution is 5.55. The lowest BCUT2D eigenvalue weighted by Crippen LogP contribution is -2.37. The van der Waals surface area contributed by atoms with Gasteiger partial charge in [0.2, 0.25) is 0 Å². The van der Waals surface area contributed by atoms with Crippen molar-refractivity contribution in [2.75, 3.05) is 23.8 Å². The van der Waals surface area contributed by atoms with Crippen LogP contribution in [0.1, 0.15) is 46.5 Å². The highest BCUT2D eigenvalue weighted by Gasteiger charge is 2.29. The molecular formula is C16H27N3. The number of nitrogens with zero attached hydrogens (tertiary/aromatic N) is 2. The van der Waals surface area contributed by atoms with Gasteiger partial charge in [-0.2, -0.15) is 0 Å². The summed E-state index contributed by atoms with van der Waals surface area (Å²) in [6, 6.07) is 2.86. The van der Waals surface area contributed by atoms with Gasteiger partial charge in [0.05, 0.1) is 23.8 Å². The van der Waals surface area contributed by atoms with E-state index in [4.69, 9.17) is 0 Å². The zero-order chi connectivity index (χ0) is 13.9. The summed E-state index contributed by atoms with van der Waals surface area (Å²) in [5.74, 6) is 0. The molecule has 0 aliphatic heterocycles. The Morgan fingerprint density at radius 1 is 1.32 bits per heavy atom. The molecule has 3 nitrogen and oxygen atoms in total. The molecule has 1 N–H and O–H groups in total. The first-order valence-electron chi connectivity index (χ1n) is 7.43. The maximum absolute atomic E-state index is 4.34. The van der Waals surface area contributed by atoms with E-state index in [-0.39, 0.29) is 0 Å². The van der Waals surface area contributed by atoms with Gasteiger partial charge in [0, 0.05) is 19.6 Å². The summed E-state index contributed by atoms with van der Waals surface area (Å²) in [5, 5.41) is 3.33. The second-order valence-corrected chi connectivity index (χ2v) is 6.47. The highest BCUT2D eigenvalue weighted by Crippen LogP contribution is 2.37. The van der Waals surface area contributed by atoms with Crippen molar-refractivity contribution in [1.29, 1.82) is 0 Å². The van der Waals surface area contributed by atoms with E-state index in [0.717, 1.165) is 12.2 Å². The van der Waals surface area contributed by atoms with Crippen molar-refractivity contribution < 1.29 is 0 Å². The molecule has 0 saturated heterocycles. The lowest BCUT2D eigenvalue weighted by molar-refractivity contribution is 0.222. The van der Waals surface area contributed by atoms with Crippen LogP contribution in [-0.4, -0.2) is 24.6 Å². The lowest BCUT2D eigenvalue weighted by Gasteiger charge is -2.39. The second-order valence-electron chi connectivity index (χ2n) is 6.47. The van der Waals surface area contributed by atoms with Crippen molar-refractivity contribution in [3.05, 3.63) is 18.5 Å². The highest BCUT2D eigenvalue weighted by atomic mass is 15.1. The number of rotatable bonds is 4. The molecule has 1 heterocycles. The van der Waals surface area contributed by atoms with Crippen LogP contribution in [0.15, 0.2) is 18.5 Å². The molecule has 2 rings (SSSR count). The third kappa shape index (κ3) is 3.62. The molecule has 1 aliphatic rings. The number of aromatic nitrogens is 1. The maximum Gasteiger partial charge on any atom is 0.0573 e. The van der Waals surface area contributed by atoms with Gasteiger partial charge in [-0.1, -0.05) is 13.8 Å². The van der Waals surface area contributed by atoms with Gasteiger partial charge in [-0.25, -0.2) is 0 Å². The van der Waals surface area contributed by atoms with Gasteiger partial charge in [-0.15, -0.1) is 0 Å². The average molecular weight is 261 g/mol. The van der Waals surface area contributed by atoms with Gasteiger partial charge >= 0.3 is 0 Å². The molecule has 1 aromatic rings. The van der Waals surface area contributed by atoms with Crippen LogP contribution in [0.2, 0.25) is 0 Å². The van der Waals surface area contributed by atoms with Crippen molar-refractivity contribution in [3.8, 4) is 0 Å². The normalized spacial score (nSPS) is 19.2. The lowest BCUT2D eigenvalue weighted by atomic mass is 9.75. The first kappa shape index (κ1) is 14.2. The van der Waals surface area contributed by atoms with Crippen molar-refractivity contribution in [3.63, 3.8) is 0 Å². The molecule has 0 bridgehead atoms. The smallest absolute Gasteiger partial charge is 0.0573 e. The van der Waals surface area contributed by atoms with Crippen LogP contribution in [0.4, 0.5) is 11.4 Å². The van der Waals surface area contributed by atoms with Gasteiger partial charge in [0.15, 0.2) is 0 Å². The van der Waals surface area contributed by atoms with Crippen molar-refractivity contribution >= 4 is 11.4 Å². The first-order valence-corrected chi connectivity index (χ1v) is 7.43. The number of anilines is 2. The van der Waals surface area contributed by atoms with Crippen molar-refractivity contribution in [2.24, 2.45) is 5.41 Å². The number of nitrogens with one attached hydrogen (secondary N) is 1. The Labute approximate surface area is 117 Å². The number of pyridine rings is 1. The molecule has 0 atom stereocenters. The van der Waals surface area contributed by atoms with Gasteiger partial charge in [-0.3, -0.25) is 4.98 Å². The van der Waals surface area contributed by atoms with E-state index in [1.165, 1.54) is 31.4 Å². The third-order valence-electron chi connectivity index (χ3n) is 4.37.